The van der Waals surface area contributed by atoms with Crippen LogP contribution >= 0.6 is 23.5 Å². The molecule has 118 valence electrons. The predicted octanol–water partition coefficient (Wildman–Crippen LogP) is 3.42. The Labute approximate surface area is 139 Å². The minimum atomic E-state index is -0.0322. The van der Waals surface area contributed by atoms with E-state index in [0.717, 1.165) is 41.0 Å². The number of nitrogens with zero attached hydrogens (tertiary/aromatic N) is 2. The van der Waals surface area contributed by atoms with Crippen molar-refractivity contribution in [2.75, 3.05) is 24.3 Å². The van der Waals surface area contributed by atoms with Crippen molar-refractivity contribution in [1.29, 1.82) is 0 Å². The van der Waals surface area contributed by atoms with Crippen LogP contribution in [0.15, 0.2) is 29.3 Å². The van der Waals surface area contributed by atoms with Gasteiger partial charge in [0.2, 0.25) is 5.91 Å². The molecule has 0 radical (unpaired) electrons. The van der Waals surface area contributed by atoms with Crippen molar-refractivity contribution in [3.8, 4) is 5.75 Å². The van der Waals surface area contributed by atoms with Crippen LogP contribution in [0.5, 0.6) is 5.75 Å². The van der Waals surface area contributed by atoms with Crippen molar-refractivity contribution in [3.05, 3.63) is 24.3 Å². The highest BCUT2D eigenvalue weighted by Crippen LogP contribution is 2.36. The van der Waals surface area contributed by atoms with Gasteiger partial charge in [0.05, 0.1) is 24.1 Å². The Hall–Kier alpha value is -1.14. The quantitative estimate of drug-likeness (QED) is 0.848. The summed E-state index contributed by atoms with van der Waals surface area (Å²) >= 11 is 3.40. The third-order valence-electron chi connectivity index (χ3n) is 3.78. The number of piperidine rings is 1. The molecule has 1 aromatic rings. The fraction of sp³-hybridized carbons (Fsp3) is 0.500. The van der Waals surface area contributed by atoms with Crippen LogP contribution in [0.1, 0.15) is 19.8 Å². The summed E-state index contributed by atoms with van der Waals surface area (Å²) in [5, 5.41) is -0.0322. The number of ether oxygens (including phenoxy) is 1. The third-order valence-corrected chi connectivity index (χ3v) is 6.45. The summed E-state index contributed by atoms with van der Waals surface area (Å²) < 4.78 is 6.46. The molecular formula is C16H20N2O2S2. The number of hydrogen-bond acceptors (Lipinski definition) is 5. The van der Waals surface area contributed by atoms with Gasteiger partial charge in [-0.15, -0.1) is 0 Å². The molecule has 0 aliphatic carbocycles. The second-order valence-electron chi connectivity index (χ2n) is 5.47. The molecule has 1 amide bonds. The zero-order chi connectivity index (χ0) is 15.5. The van der Waals surface area contributed by atoms with E-state index in [2.05, 4.69) is 11.9 Å². The lowest BCUT2D eigenvalue weighted by Gasteiger charge is -2.32. The van der Waals surface area contributed by atoms with Crippen molar-refractivity contribution in [2.45, 2.75) is 31.1 Å². The molecule has 3 rings (SSSR count). The summed E-state index contributed by atoms with van der Waals surface area (Å²) in [5.41, 5.74) is 0.870. The van der Waals surface area contributed by atoms with Crippen LogP contribution in [0.3, 0.4) is 0 Å². The number of aliphatic imine (C=N–C) groups is 1. The second-order valence-corrected chi connectivity index (χ2v) is 7.92. The molecule has 2 aliphatic rings. The van der Waals surface area contributed by atoms with E-state index in [9.17, 15) is 4.79 Å². The van der Waals surface area contributed by atoms with Gasteiger partial charge in [-0.2, -0.15) is 0 Å². The van der Waals surface area contributed by atoms with Crippen LogP contribution in [0.4, 0.5) is 5.69 Å². The standard InChI is InChI=1S/C16H20N2O2S2/c1-11-10-21-16(17-11)22-14-8-5-9-18(15(14)19)12-6-3-4-7-13(12)20-2/h3-4,6-7,11,14H,5,8-10H2,1-2H3/t11-,14+/m1/s1. The van der Waals surface area contributed by atoms with Gasteiger partial charge < -0.3 is 9.64 Å². The molecule has 0 bridgehead atoms. The Balaban J connectivity index is 1.76. The first kappa shape index (κ1) is 15.7. The smallest absolute Gasteiger partial charge is 0.240 e. The maximum Gasteiger partial charge on any atom is 0.240 e. The maximum absolute atomic E-state index is 12.8. The minimum Gasteiger partial charge on any atom is -0.495 e. The summed E-state index contributed by atoms with van der Waals surface area (Å²) in [5.74, 6) is 1.95. The van der Waals surface area contributed by atoms with Gasteiger partial charge in [-0.3, -0.25) is 9.79 Å². The molecule has 0 spiro atoms. The fourth-order valence-corrected chi connectivity index (χ4v) is 5.21. The van der Waals surface area contributed by atoms with Gasteiger partial charge in [0.25, 0.3) is 0 Å². The largest absolute Gasteiger partial charge is 0.495 e. The summed E-state index contributed by atoms with van der Waals surface area (Å²) in [6.07, 6.45) is 1.93. The summed E-state index contributed by atoms with van der Waals surface area (Å²) in [4.78, 5) is 19.3. The number of hydrogen-bond donors (Lipinski definition) is 0. The lowest BCUT2D eigenvalue weighted by Crippen LogP contribution is -2.43. The SMILES string of the molecule is COc1ccccc1N1CCC[C@H](SC2=N[C@H](C)CS2)C1=O. The first-order valence-corrected chi connectivity index (χ1v) is 9.37. The normalized spacial score (nSPS) is 25.3. The number of carbonyl (C=O) groups excluding carboxylic acids is 1. The van der Waals surface area contributed by atoms with Gasteiger partial charge in [0.1, 0.15) is 10.1 Å². The Morgan fingerprint density at radius 2 is 2.23 bits per heavy atom. The number of benzene rings is 1. The average molecular weight is 336 g/mol. The van der Waals surface area contributed by atoms with Crippen molar-refractivity contribution < 1.29 is 9.53 Å². The Kier molecular flexibility index (Phi) is 4.98. The summed E-state index contributed by atoms with van der Waals surface area (Å²) in [7, 11) is 1.64. The molecule has 1 aromatic carbocycles. The number of methoxy groups -OCH3 is 1. The van der Waals surface area contributed by atoms with Gasteiger partial charge >= 0.3 is 0 Å². The van der Waals surface area contributed by atoms with Crippen LogP contribution in [-0.2, 0) is 4.79 Å². The molecule has 0 unspecified atom stereocenters. The van der Waals surface area contributed by atoms with E-state index in [1.54, 1.807) is 30.6 Å². The van der Waals surface area contributed by atoms with Crippen molar-refractivity contribution in [2.24, 2.45) is 4.99 Å². The zero-order valence-corrected chi connectivity index (χ0v) is 14.5. The molecule has 4 nitrogen and oxygen atoms in total. The predicted molar refractivity (Wildman–Crippen MR) is 95.3 cm³/mol. The first-order chi connectivity index (χ1) is 10.7. The number of thioether (sulfide) groups is 2. The fourth-order valence-electron chi connectivity index (χ4n) is 2.68. The van der Waals surface area contributed by atoms with Crippen LogP contribution in [0.25, 0.3) is 0 Å². The molecule has 0 saturated carbocycles. The maximum atomic E-state index is 12.8. The molecule has 0 N–H and O–H groups in total. The molecule has 2 atom stereocenters. The van der Waals surface area contributed by atoms with Crippen molar-refractivity contribution >= 4 is 39.5 Å². The molecule has 22 heavy (non-hydrogen) atoms. The van der Waals surface area contributed by atoms with Crippen molar-refractivity contribution in [1.82, 2.24) is 0 Å². The van der Waals surface area contributed by atoms with E-state index in [4.69, 9.17) is 4.74 Å². The highest BCUT2D eigenvalue weighted by Gasteiger charge is 2.33. The molecule has 2 heterocycles. The van der Waals surface area contributed by atoms with Gasteiger partial charge in [0.15, 0.2) is 0 Å². The number of para-hydroxylation sites is 2. The van der Waals surface area contributed by atoms with E-state index < -0.39 is 0 Å². The van der Waals surface area contributed by atoms with Gasteiger partial charge in [-0.25, -0.2) is 0 Å². The zero-order valence-electron chi connectivity index (χ0n) is 12.8. The molecule has 2 aliphatic heterocycles. The number of rotatable bonds is 3. The molecule has 6 heteroatoms. The number of anilines is 1. The van der Waals surface area contributed by atoms with Crippen molar-refractivity contribution in [3.63, 3.8) is 0 Å². The van der Waals surface area contributed by atoms with Crippen LogP contribution < -0.4 is 9.64 Å². The monoisotopic (exact) mass is 336 g/mol. The number of carbonyl (C=O) groups is 1. The summed E-state index contributed by atoms with van der Waals surface area (Å²) in [6, 6.07) is 8.09. The molecule has 0 aromatic heterocycles. The van der Waals surface area contributed by atoms with Gasteiger partial charge in [-0.1, -0.05) is 35.7 Å². The summed E-state index contributed by atoms with van der Waals surface area (Å²) in [6.45, 7) is 2.87. The topological polar surface area (TPSA) is 41.9 Å². The Bertz CT molecular complexity index is 591. The van der Waals surface area contributed by atoms with Crippen LogP contribution in [0, 0.1) is 0 Å². The van der Waals surface area contributed by atoms with E-state index in [0.29, 0.717) is 6.04 Å². The Morgan fingerprint density at radius 1 is 1.41 bits per heavy atom. The number of amides is 1. The van der Waals surface area contributed by atoms with Crippen LogP contribution in [0.2, 0.25) is 0 Å². The van der Waals surface area contributed by atoms with E-state index in [1.807, 2.05) is 29.2 Å². The highest BCUT2D eigenvalue weighted by molar-refractivity contribution is 8.39. The van der Waals surface area contributed by atoms with E-state index in [1.165, 1.54) is 0 Å². The Morgan fingerprint density at radius 3 is 2.95 bits per heavy atom. The first-order valence-electron chi connectivity index (χ1n) is 7.50. The third kappa shape index (κ3) is 3.27. The lowest BCUT2D eigenvalue weighted by molar-refractivity contribution is -0.119. The van der Waals surface area contributed by atoms with Gasteiger partial charge in [-0.05, 0) is 31.9 Å². The molecule has 1 saturated heterocycles. The highest BCUT2D eigenvalue weighted by atomic mass is 32.2. The van der Waals surface area contributed by atoms with E-state index in [-0.39, 0.29) is 11.2 Å². The van der Waals surface area contributed by atoms with Crippen LogP contribution in [-0.4, -0.2) is 41.0 Å². The molecule has 1 fully saturated rings. The van der Waals surface area contributed by atoms with Gasteiger partial charge in [0, 0.05) is 12.3 Å². The minimum absolute atomic E-state index is 0.0322. The lowest BCUT2D eigenvalue weighted by atomic mass is 10.1. The molecular weight excluding hydrogens is 316 g/mol. The van der Waals surface area contributed by atoms with E-state index >= 15 is 0 Å². The average Bonchev–Trinajstić information content (AvgIpc) is 2.94. The second kappa shape index (κ2) is 6.96.